The van der Waals surface area contributed by atoms with E-state index in [1.165, 1.54) is 16.7 Å². The molecule has 0 fully saturated rings. The smallest absolute Gasteiger partial charge is 0.261 e. The van der Waals surface area contributed by atoms with Gasteiger partial charge in [-0.3, -0.25) is 4.79 Å². The van der Waals surface area contributed by atoms with Gasteiger partial charge in [0.1, 0.15) is 12.4 Å². The maximum Gasteiger partial charge on any atom is 0.261 e. The zero-order chi connectivity index (χ0) is 16.9. The first-order chi connectivity index (χ1) is 11.6. The largest absolute Gasteiger partial charge is 0.489 e. The third-order valence-electron chi connectivity index (χ3n) is 3.67. The van der Waals surface area contributed by atoms with E-state index in [2.05, 4.69) is 37.4 Å². The van der Waals surface area contributed by atoms with Crippen molar-refractivity contribution in [2.24, 2.45) is 5.92 Å². The van der Waals surface area contributed by atoms with Crippen molar-refractivity contribution in [3.05, 3.63) is 64.4 Å². The van der Waals surface area contributed by atoms with Crippen molar-refractivity contribution >= 4 is 28.0 Å². The number of hydrogen-bond acceptors (Lipinski definition) is 3. The quantitative estimate of drug-likeness (QED) is 0.696. The van der Waals surface area contributed by atoms with E-state index in [0.29, 0.717) is 19.1 Å². The molecule has 1 N–H and O–H groups in total. The molecule has 3 rings (SSSR count). The lowest BCUT2D eigenvalue weighted by atomic mass is 10.1. The lowest BCUT2D eigenvalue weighted by molar-refractivity contribution is 0.0953. The topological polar surface area (TPSA) is 38.3 Å². The molecule has 3 aromatic rings. The number of hydrogen-bond donors (Lipinski definition) is 1. The number of thiophene rings is 1. The van der Waals surface area contributed by atoms with Gasteiger partial charge < -0.3 is 10.1 Å². The number of nitrogens with one attached hydrogen (secondary N) is 1. The molecule has 0 bridgehead atoms. The van der Waals surface area contributed by atoms with Crippen LogP contribution >= 0.6 is 11.3 Å². The summed E-state index contributed by atoms with van der Waals surface area (Å²) in [5.41, 5.74) is 1.02. The molecule has 4 heteroatoms. The Morgan fingerprint density at radius 3 is 2.71 bits per heavy atom. The van der Waals surface area contributed by atoms with Crippen LogP contribution in [0.15, 0.2) is 53.9 Å². The summed E-state index contributed by atoms with van der Waals surface area (Å²) in [5, 5.41) is 7.27. The van der Waals surface area contributed by atoms with Gasteiger partial charge in [0.05, 0.1) is 4.88 Å². The zero-order valence-corrected chi connectivity index (χ0v) is 14.7. The summed E-state index contributed by atoms with van der Waals surface area (Å²) in [6.07, 6.45) is 0. The van der Waals surface area contributed by atoms with Gasteiger partial charge in [-0.2, -0.15) is 0 Å². The Morgan fingerprint density at radius 2 is 1.92 bits per heavy atom. The molecule has 1 amide bonds. The Bertz CT molecular complexity index is 838. The van der Waals surface area contributed by atoms with Crippen LogP contribution in [-0.4, -0.2) is 12.5 Å². The van der Waals surface area contributed by atoms with Crippen LogP contribution in [0.5, 0.6) is 5.75 Å². The number of carbonyl (C=O) groups is 1. The van der Waals surface area contributed by atoms with Crippen LogP contribution in [0, 0.1) is 5.92 Å². The van der Waals surface area contributed by atoms with Crippen LogP contribution in [-0.2, 0) is 6.61 Å². The molecule has 0 aliphatic rings. The highest BCUT2D eigenvalue weighted by molar-refractivity contribution is 7.12. The Labute approximate surface area is 146 Å². The van der Waals surface area contributed by atoms with Gasteiger partial charge in [0.2, 0.25) is 0 Å². The van der Waals surface area contributed by atoms with E-state index in [4.69, 9.17) is 4.74 Å². The van der Waals surface area contributed by atoms with E-state index < -0.39 is 0 Å². The maximum absolute atomic E-state index is 12.0. The lowest BCUT2D eigenvalue weighted by Gasteiger charge is -2.06. The Hall–Kier alpha value is -2.33. The molecule has 0 radical (unpaired) electrons. The summed E-state index contributed by atoms with van der Waals surface area (Å²) in [7, 11) is 0. The van der Waals surface area contributed by atoms with E-state index in [1.807, 2.05) is 35.7 Å². The fourth-order valence-electron chi connectivity index (χ4n) is 2.38. The van der Waals surface area contributed by atoms with Gasteiger partial charge in [-0.1, -0.05) is 44.2 Å². The SMILES string of the molecule is CC(C)CNC(=O)c1cc(COc2ccc3ccccc3c2)cs1. The second-order valence-corrected chi connectivity index (χ2v) is 7.13. The third kappa shape index (κ3) is 4.15. The van der Waals surface area contributed by atoms with Crippen LogP contribution in [0.3, 0.4) is 0 Å². The van der Waals surface area contributed by atoms with Crippen molar-refractivity contribution in [1.29, 1.82) is 0 Å². The number of rotatable bonds is 6. The van der Waals surface area contributed by atoms with Crippen molar-refractivity contribution in [2.75, 3.05) is 6.54 Å². The van der Waals surface area contributed by atoms with E-state index in [0.717, 1.165) is 21.6 Å². The van der Waals surface area contributed by atoms with Crippen molar-refractivity contribution in [3.63, 3.8) is 0 Å². The zero-order valence-electron chi connectivity index (χ0n) is 13.9. The molecule has 0 atom stereocenters. The highest BCUT2D eigenvalue weighted by Crippen LogP contribution is 2.22. The molecule has 0 aliphatic carbocycles. The molecule has 0 saturated carbocycles. The summed E-state index contributed by atoms with van der Waals surface area (Å²) < 4.78 is 5.87. The van der Waals surface area contributed by atoms with E-state index in [-0.39, 0.29) is 5.91 Å². The molecule has 1 aromatic heterocycles. The van der Waals surface area contributed by atoms with Gasteiger partial charge in [0.15, 0.2) is 0 Å². The number of fused-ring (bicyclic) bond motifs is 1. The van der Waals surface area contributed by atoms with Crippen molar-refractivity contribution < 1.29 is 9.53 Å². The molecule has 24 heavy (non-hydrogen) atoms. The van der Waals surface area contributed by atoms with Crippen molar-refractivity contribution in [2.45, 2.75) is 20.5 Å². The minimum atomic E-state index is -0.00865. The van der Waals surface area contributed by atoms with E-state index in [1.54, 1.807) is 0 Å². The summed E-state index contributed by atoms with van der Waals surface area (Å²) in [6.45, 7) is 5.32. The second kappa shape index (κ2) is 7.49. The minimum Gasteiger partial charge on any atom is -0.489 e. The average molecular weight is 339 g/mol. The maximum atomic E-state index is 12.0. The molecule has 0 saturated heterocycles. The van der Waals surface area contributed by atoms with Gasteiger partial charge in [-0.05, 0) is 40.3 Å². The summed E-state index contributed by atoms with van der Waals surface area (Å²) in [5.74, 6) is 1.28. The predicted octanol–water partition coefficient (Wildman–Crippen LogP) is 4.87. The van der Waals surface area contributed by atoms with E-state index in [9.17, 15) is 4.79 Å². The summed E-state index contributed by atoms with van der Waals surface area (Å²) in [4.78, 5) is 12.8. The summed E-state index contributed by atoms with van der Waals surface area (Å²) in [6, 6.07) is 16.2. The fourth-order valence-corrected chi connectivity index (χ4v) is 3.19. The first-order valence-corrected chi connectivity index (χ1v) is 8.97. The third-order valence-corrected chi connectivity index (χ3v) is 4.65. The summed E-state index contributed by atoms with van der Waals surface area (Å²) >= 11 is 1.45. The fraction of sp³-hybridized carbons (Fsp3) is 0.250. The number of ether oxygens (including phenoxy) is 1. The standard InChI is InChI=1S/C20H21NO2S/c1-14(2)11-21-20(22)19-9-15(13-24-19)12-23-18-8-7-16-5-3-4-6-17(16)10-18/h3-10,13-14H,11-12H2,1-2H3,(H,21,22). The molecule has 124 valence electrons. The number of benzene rings is 2. The van der Waals surface area contributed by atoms with Gasteiger partial charge in [-0.25, -0.2) is 0 Å². The highest BCUT2D eigenvalue weighted by atomic mass is 32.1. The van der Waals surface area contributed by atoms with Crippen molar-refractivity contribution in [1.82, 2.24) is 5.32 Å². The van der Waals surface area contributed by atoms with Crippen LogP contribution in [0.25, 0.3) is 10.8 Å². The number of carbonyl (C=O) groups excluding carboxylic acids is 1. The second-order valence-electron chi connectivity index (χ2n) is 6.22. The highest BCUT2D eigenvalue weighted by Gasteiger charge is 2.09. The first kappa shape index (κ1) is 16.5. The van der Waals surface area contributed by atoms with Crippen LogP contribution in [0.2, 0.25) is 0 Å². The van der Waals surface area contributed by atoms with E-state index >= 15 is 0 Å². The molecular formula is C20H21NO2S. The van der Waals surface area contributed by atoms with Crippen molar-refractivity contribution in [3.8, 4) is 5.75 Å². The van der Waals surface area contributed by atoms with Crippen LogP contribution in [0.1, 0.15) is 29.1 Å². The molecule has 1 heterocycles. The Balaban J connectivity index is 1.61. The molecule has 0 aliphatic heterocycles. The minimum absolute atomic E-state index is 0.00865. The molecule has 3 nitrogen and oxygen atoms in total. The lowest BCUT2D eigenvalue weighted by Crippen LogP contribution is -2.26. The molecule has 0 unspecified atom stereocenters. The van der Waals surface area contributed by atoms with Gasteiger partial charge in [0, 0.05) is 12.1 Å². The predicted molar refractivity (Wildman–Crippen MR) is 99.8 cm³/mol. The average Bonchev–Trinajstić information content (AvgIpc) is 3.06. The monoisotopic (exact) mass is 339 g/mol. The number of amides is 1. The molecular weight excluding hydrogens is 318 g/mol. The molecule has 0 spiro atoms. The normalized spacial score (nSPS) is 11.0. The first-order valence-electron chi connectivity index (χ1n) is 8.09. The van der Waals surface area contributed by atoms with Gasteiger partial charge in [0.25, 0.3) is 5.91 Å². The van der Waals surface area contributed by atoms with Crippen LogP contribution in [0.4, 0.5) is 0 Å². The Kier molecular flexibility index (Phi) is 5.16. The van der Waals surface area contributed by atoms with Gasteiger partial charge in [-0.15, -0.1) is 11.3 Å². The Morgan fingerprint density at radius 1 is 1.12 bits per heavy atom. The van der Waals surface area contributed by atoms with Crippen LogP contribution < -0.4 is 10.1 Å². The van der Waals surface area contributed by atoms with Gasteiger partial charge >= 0.3 is 0 Å². The molecule has 2 aromatic carbocycles.